The molecule has 2 aliphatic rings. The van der Waals surface area contributed by atoms with Gasteiger partial charge in [0.2, 0.25) is 0 Å². The Bertz CT molecular complexity index is 1230. The highest BCUT2D eigenvalue weighted by Crippen LogP contribution is 2.56. The first-order chi connectivity index (χ1) is 13.8. The summed E-state index contributed by atoms with van der Waals surface area (Å²) in [7, 11) is 0. The third-order valence-electron chi connectivity index (χ3n) is 5.75. The molecule has 0 nitrogen and oxygen atoms in total. The van der Waals surface area contributed by atoms with E-state index in [1.165, 1.54) is 44.5 Å². The van der Waals surface area contributed by atoms with Gasteiger partial charge in [-0.05, 0) is 45.5 Å². The van der Waals surface area contributed by atoms with E-state index in [9.17, 15) is 0 Å². The van der Waals surface area contributed by atoms with Crippen molar-refractivity contribution >= 4 is 34.3 Å². The Labute approximate surface area is 173 Å². The zero-order valence-corrected chi connectivity index (χ0v) is 16.4. The van der Waals surface area contributed by atoms with Crippen LogP contribution in [0.2, 0.25) is 10.0 Å². The van der Waals surface area contributed by atoms with E-state index in [0.717, 1.165) is 21.2 Å². The Morgan fingerprint density at radius 1 is 0.357 bits per heavy atom. The third kappa shape index (κ3) is 2.02. The molecule has 0 bridgehead atoms. The van der Waals surface area contributed by atoms with Gasteiger partial charge >= 0.3 is 0 Å². The molecule has 28 heavy (non-hydrogen) atoms. The van der Waals surface area contributed by atoms with Crippen molar-refractivity contribution in [2.45, 2.75) is 0 Å². The van der Waals surface area contributed by atoms with Crippen LogP contribution in [0.3, 0.4) is 0 Å². The Hall–Kier alpha value is -2.80. The molecule has 0 amide bonds. The van der Waals surface area contributed by atoms with E-state index in [0.29, 0.717) is 0 Å². The molecular weight excluding hydrogens is 383 g/mol. The molecule has 6 rings (SSSR count). The molecule has 0 saturated carbocycles. The average Bonchev–Trinajstić information content (AvgIpc) is 3.23. The molecule has 2 aliphatic carbocycles. The van der Waals surface area contributed by atoms with Gasteiger partial charge < -0.3 is 0 Å². The summed E-state index contributed by atoms with van der Waals surface area (Å²) >= 11 is 13.5. The Morgan fingerprint density at radius 2 is 0.714 bits per heavy atom. The average molecular weight is 397 g/mol. The molecular formula is C26H14Cl2. The summed E-state index contributed by atoms with van der Waals surface area (Å²) in [4.78, 5) is 0. The standard InChI is InChI=1S/C26H14Cl2/c27-21-13-5-11-17-15-7-1-3-9-19(15)25(23(17)21)26-20-10-4-2-8-16(20)18-12-6-14-22(28)24(18)26/h1-14H/b26-25+. The van der Waals surface area contributed by atoms with Gasteiger partial charge in [0.1, 0.15) is 0 Å². The fourth-order valence-electron chi connectivity index (χ4n) is 4.67. The molecule has 4 aromatic carbocycles. The third-order valence-corrected chi connectivity index (χ3v) is 6.38. The van der Waals surface area contributed by atoms with Crippen LogP contribution in [0, 0.1) is 0 Å². The summed E-state index contributed by atoms with van der Waals surface area (Å²) in [5, 5.41) is 1.54. The number of hydrogen-bond donors (Lipinski definition) is 0. The van der Waals surface area contributed by atoms with Crippen LogP contribution in [-0.2, 0) is 0 Å². The topological polar surface area (TPSA) is 0 Å². The molecule has 0 unspecified atom stereocenters. The molecule has 0 aromatic heterocycles. The van der Waals surface area contributed by atoms with Crippen LogP contribution >= 0.6 is 23.2 Å². The smallest absolute Gasteiger partial charge is 0.0491 e. The molecule has 0 atom stereocenters. The zero-order valence-electron chi connectivity index (χ0n) is 14.8. The predicted molar refractivity (Wildman–Crippen MR) is 119 cm³/mol. The molecule has 0 aliphatic heterocycles. The largest absolute Gasteiger partial charge is 0.0836 e. The normalized spacial score (nSPS) is 15.8. The second-order valence-electron chi connectivity index (χ2n) is 7.17. The van der Waals surface area contributed by atoms with Crippen LogP contribution in [0.5, 0.6) is 0 Å². The molecule has 0 radical (unpaired) electrons. The summed E-state index contributed by atoms with van der Waals surface area (Å²) < 4.78 is 0. The SMILES string of the molecule is Clc1cccc2c1/C(=C1\c3ccccc3-c3cccc(Cl)c31)c1ccccc1-2. The minimum atomic E-state index is 0.772. The summed E-state index contributed by atoms with van der Waals surface area (Å²) in [5.74, 6) is 0. The predicted octanol–water partition coefficient (Wildman–Crippen LogP) is 7.96. The van der Waals surface area contributed by atoms with Crippen molar-refractivity contribution < 1.29 is 0 Å². The van der Waals surface area contributed by atoms with Gasteiger partial charge in [-0.25, -0.2) is 0 Å². The monoisotopic (exact) mass is 396 g/mol. The maximum atomic E-state index is 6.76. The summed E-state index contributed by atoms with van der Waals surface area (Å²) in [6.45, 7) is 0. The van der Waals surface area contributed by atoms with Crippen LogP contribution in [0.15, 0.2) is 84.9 Å². The zero-order chi connectivity index (χ0) is 18.8. The first-order valence-electron chi connectivity index (χ1n) is 9.27. The lowest BCUT2D eigenvalue weighted by Crippen LogP contribution is -1.92. The molecule has 0 spiro atoms. The van der Waals surface area contributed by atoms with E-state index < -0.39 is 0 Å². The Morgan fingerprint density at radius 3 is 1.14 bits per heavy atom. The highest BCUT2D eigenvalue weighted by molar-refractivity contribution is 6.37. The second kappa shape index (κ2) is 5.85. The van der Waals surface area contributed by atoms with E-state index in [-0.39, 0.29) is 0 Å². The fraction of sp³-hybridized carbons (Fsp3) is 0. The molecule has 2 heteroatoms. The molecule has 0 heterocycles. The maximum absolute atomic E-state index is 6.76. The van der Waals surface area contributed by atoms with Gasteiger partial charge in [0.15, 0.2) is 0 Å². The van der Waals surface area contributed by atoms with E-state index in [1.54, 1.807) is 0 Å². The highest BCUT2D eigenvalue weighted by Gasteiger charge is 2.34. The molecule has 0 saturated heterocycles. The summed E-state index contributed by atoms with van der Waals surface area (Å²) in [6, 6.07) is 29.4. The van der Waals surface area contributed by atoms with Gasteiger partial charge in [0, 0.05) is 32.3 Å². The van der Waals surface area contributed by atoms with Gasteiger partial charge in [-0.15, -0.1) is 0 Å². The number of halogens is 2. The van der Waals surface area contributed by atoms with Crippen LogP contribution in [0.1, 0.15) is 22.3 Å². The van der Waals surface area contributed by atoms with Crippen molar-refractivity contribution in [3.05, 3.63) is 117 Å². The first kappa shape index (κ1) is 16.2. The lowest BCUT2D eigenvalue weighted by Gasteiger charge is -2.13. The van der Waals surface area contributed by atoms with Gasteiger partial charge in [-0.2, -0.15) is 0 Å². The Kier molecular flexibility index (Phi) is 3.38. The van der Waals surface area contributed by atoms with Crippen molar-refractivity contribution in [2.75, 3.05) is 0 Å². The van der Waals surface area contributed by atoms with E-state index in [4.69, 9.17) is 23.2 Å². The maximum Gasteiger partial charge on any atom is 0.0491 e. The van der Waals surface area contributed by atoms with Crippen molar-refractivity contribution in [3.8, 4) is 22.3 Å². The highest BCUT2D eigenvalue weighted by atomic mass is 35.5. The minimum Gasteiger partial charge on any atom is -0.0836 e. The van der Waals surface area contributed by atoms with Crippen molar-refractivity contribution in [1.82, 2.24) is 0 Å². The molecule has 0 N–H and O–H groups in total. The van der Waals surface area contributed by atoms with Crippen molar-refractivity contribution in [3.63, 3.8) is 0 Å². The summed E-state index contributed by atoms with van der Waals surface area (Å²) in [6.07, 6.45) is 0. The lowest BCUT2D eigenvalue weighted by atomic mass is 9.91. The van der Waals surface area contributed by atoms with Gasteiger partial charge in [0.25, 0.3) is 0 Å². The number of hydrogen-bond acceptors (Lipinski definition) is 0. The molecule has 132 valence electrons. The quantitative estimate of drug-likeness (QED) is 0.244. The van der Waals surface area contributed by atoms with E-state index in [1.807, 2.05) is 24.3 Å². The van der Waals surface area contributed by atoms with Crippen LogP contribution in [0.25, 0.3) is 33.4 Å². The first-order valence-corrected chi connectivity index (χ1v) is 10.0. The van der Waals surface area contributed by atoms with Crippen molar-refractivity contribution in [1.29, 1.82) is 0 Å². The molecule has 0 fully saturated rings. The van der Waals surface area contributed by atoms with Crippen LogP contribution in [-0.4, -0.2) is 0 Å². The minimum absolute atomic E-state index is 0.772. The lowest BCUT2D eigenvalue weighted by molar-refractivity contribution is 1.62. The van der Waals surface area contributed by atoms with E-state index >= 15 is 0 Å². The van der Waals surface area contributed by atoms with Crippen molar-refractivity contribution in [2.24, 2.45) is 0 Å². The summed E-state index contributed by atoms with van der Waals surface area (Å²) in [5.41, 5.74) is 11.8. The number of benzene rings is 4. The van der Waals surface area contributed by atoms with Gasteiger partial charge in [-0.3, -0.25) is 0 Å². The Balaban J connectivity index is 1.85. The molecule has 4 aromatic rings. The van der Waals surface area contributed by atoms with E-state index in [2.05, 4.69) is 60.7 Å². The fourth-order valence-corrected chi connectivity index (χ4v) is 5.20. The van der Waals surface area contributed by atoms with Crippen LogP contribution in [0.4, 0.5) is 0 Å². The van der Waals surface area contributed by atoms with Crippen LogP contribution < -0.4 is 0 Å². The second-order valence-corrected chi connectivity index (χ2v) is 7.98. The number of rotatable bonds is 0. The van der Waals surface area contributed by atoms with Gasteiger partial charge in [0.05, 0.1) is 0 Å². The number of fused-ring (bicyclic) bond motifs is 6. The van der Waals surface area contributed by atoms with Gasteiger partial charge in [-0.1, -0.05) is 96.0 Å².